The Labute approximate surface area is 148 Å². The molecular formula is C19H22N2O3S. The van der Waals surface area contributed by atoms with Gasteiger partial charge in [-0.2, -0.15) is 0 Å². The molecule has 0 saturated carbocycles. The first kappa shape index (κ1) is 17.6. The van der Waals surface area contributed by atoms with Gasteiger partial charge in [-0.15, -0.1) is 0 Å². The zero-order valence-corrected chi connectivity index (χ0v) is 15.2. The van der Waals surface area contributed by atoms with Crippen LogP contribution in [0.4, 0.5) is 5.69 Å². The van der Waals surface area contributed by atoms with E-state index in [0.717, 1.165) is 17.7 Å². The Hall–Kier alpha value is -2.18. The van der Waals surface area contributed by atoms with E-state index in [1.807, 2.05) is 23.1 Å². The normalized spacial score (nSPS) is 16.7. The van der Waals surface area contributed by atoms with Gasteiger partial charge in [-0.1, -0.05) is 30.3 Å². The molecule has 0 fully saturated rings. The molecule has 132 valence electrons. The van der Waals surface area contributed by atoms with Gasteiger partial charge in [0.25, 0.3) is 0 Å². The number of nitrogens with zero attached hydrogens (tertiary/aromatic N) is 1. The van der Waals surface area contributed by atoms with Crippen LogP contribution in [0.15, 0.2) is 53.4 Å². The predicted octanol–water partition coefficient (Wildman–Crippen LogP) is 2.51. The highest BCUT2D eigenvalue weighted by Gasteiger charge is 2.29. The third kappa shape index (κ3) is 3.60. The lowest BCUT2D eigenvalue weighted by molar-refractivity contribution is -0.118. The fraction of sp³-hybridized carbons (Fsp3) is 0.316. The number of carbonyl (C=O) groups is 1. The minimum atomic E-state index is -3.43. The molecule has 1 aliphatic rings. The Balaban J connectivity index is 1.67. The molecule has 0 aromatic heterocycles. The minimum Gasteiger partial charge on any atom is -0.309 e. The van der Waals surface area contributed by atoms with E-state index in [-0.39, 0.29) is 16.8 Å². The van der Waals surface area contributed by atoms with Crippen molar-refractivity contribution < 1.29 is 13.2 Å². The molecule has 1 aliphatic heterocycles. The van der Waals surface area contributed by atoms with Gasteiger partial charge in [-0.25, -0.2) is 13.1 Å². The van der Waals surface area contributed by atoms with Crippen LogP contribution >= 0.6 is 0 Å². The van der Waals surface area contributed by atoms with Crippen molar-refractivity contribution in [2.45, 2.75) is 37.1 Å². The number of carbonyl (C=O) groups excluding carboxylic acids is 1. The molecule has 1 heterocycles. The van der Waals surface area contributed by atoms with Crippen molar-refractivity contribution >= 4 is 21.6 Å². The molecule has 0 saturated heterocycles. The summed E-state index contributed by atoms with van der Waals surface area (Å²) in [5.41, 5.74) is 3.17. The largest absolute Gasteiger partial charge is 0.309 e. The monoisotopic (exact) mass is 358 g/mol. The molecule has 0 aliphatic carbocycles. The maximum absolute atomic E-state index is 12.7. The van der Waals surface area contributed by atoms with Crippen molar-refractivity contribution in [1.82, 2.24) is 4.72 Å². The minimum absolute atomic E-state index is 0.101. The van der Waals surface area contributed by atoms with Crippen molar-refractivity contribution in [3.05, 3.63) is 59.7 Å². The Kier molecular flexibility index (Phi) is 4.92. The first-order valence-electron chi connectivity index (χ1n) is 8.35. The van der Waals surface area contributed by atoms with E-state index in [1.54, 1.807) is 24.3 Å². The molecule has 0 bridgehead atoms. The van der Waals surface area contributed by atoms with E-state index in [4.69, 9.17) is 0 Å². The lowest BCUT2D eigenvalue weighted by Gasteiger charge is -2.22. The predicted molar refractivity (Wildman–Crippen MR) is 98.1 cm³/mol. The smallest absolute Gasteiger partial charge is 0.240 e. The molecule has 2 aromatic carbocycles. The van der Waals surface area contributed by atoms with Gasteiger partial charge in [0.05, 0.1) is 4.90 Å². The first-order valence-corrected chi connectivity index (χ1v) is 9.83. The Morgan fingerprint density at radius 2 is 1.84 bits per heavy atom. The van der Waals surface area contributed by atoms with Gasteiger partial charge in [0.2, 0.25) is 15.9 Å². The summed E-state index contributed by atoms with van der Waals surface area (Å²) in [7, 11) is -2.04. The summed E-state index contributed by atoms with van der Waals surface area (Å²) in [6.07, 6.45) is 1.87. The molecular weight excluding hydrogens is 336 g/mol. The van der Waals surface area contributed by atoms with Crippen LogP contribution in [0.2, 0.25) is 0 Å². The molecule has 0 unspecified atom stereocenters. The van der Waals surface area contributed by atoms with Gasteiger partial charge < -0.3 is 4.90 Å². The van der Waals surface area contributed by atoms with E-state index in [2.05, 4.69) is 17.7 Å². The molecule has 25 heavy (non-hydrogen) atoms. The van der Waals surface area contributed by atoms with Crippen molar-refractivity contribution in [1.29, 1.82) is 0 Å². The number of hydrogen-bond donors (Lipinski definition) is 1. The second kappa shape index (κ2) is 6.98. The Morgan fingerprint density at radius 1 is 1.16 bits per heavy atom. The van der Waals surface area contributed by atoms with Crippen molar-refractivity contribution in [2.75, 3.05) is 11.9 Å². The van der Waals surface area contributed by atoms with E-state index in [9.17, 15) is 13.2 Å². The number of sulfonamides is 1. The molecule has 5 nitrogen and oxygen atoms in total. The summed E-state index contributed by atoms with van der Waals surface area (Å²) < 4.78 is 25.8. The summed E-state index contributed by atoms with van der Waals surface area (Å²) in [5.74, 6) is 0.101. The van der Waals surface area contributed by atoms with E-state index in [1.165, 1.54) is 12.6 Å². The molecule has 1 amide bonds. The highest BCUT2D eigenvalue weighted by Crippen LogP contribution is 2.32. The number of rotatable bonds is 5. The van der Waals surface area contributed by atoms with Gasteiger partial charge >= 0.3 is 0 Å². The number of anilines is 1. The van der Waals surface area contributed by atoms with Crippen LogP contribution in [0, 0.1) is 0 Å². The van der Waals surface area contributed by atoms with Crippen molar-refractivity contribution in [3.63, 3.8) is 0 Å². The molecule has 6 heteroatoms. The number of para-hydroxylation sites is 1. The summed E-state index contributed by atoms with van der Waals surface area (Å²) in [4.78, 5) is 14.8. The lowest BCUT2D eigenvalue weighted by Crippen LogP contribution is -2.35. The highest BCUT2D eigenvalue weighted by molar-refractivity contribution is 7.89. The van der Waals surface area contributed by atoms with Gasteiger partial charge in [0.15, 0.2) is 0 Å². The summed E-state index contributed by atoms with van der Waals surface area (Å²) in [5, 5.41) is 0. The van der Waals surface area contributed by atoms with Crippen LogP contribution in [0.5, 0.6) is 0 Å². The van der Waals surface area contributed by atoms with Crippen LogP contribution in [0.3, 0.4) is 0 Å². The Bertz CT molecular complexity index is 876. The number of aryl methyl sites for hydroxylation is 1. The fourth-order valence-electron chi connectivity index (χ4n) is 3.27. The third-order valence-electron chi connectivity index (χ3n) is 4.61. The highest BCUT2D eigenvalue weighted by atomic mass is 32.2. The molecule has 0 spiro atoms. The molecule has 0 radical (unpaired) electrons. The van der Waals surface area contributed by atoms with Gasteiger partial charge in [-0.05, 0) is 56.1 Å². The van der Waals surface area contributed by atoms with Crippen molar-refractivity contribution in [2.24, 2.45) is 0 Å². The SMILES string of the molecule is CNS(=O)(=O)c1ccc(CCC(=O)N2c3ccccc3C[C@H]2C)cc1. The van der Waals surface area contributed by atoms with Crippen LogP contribution in [-0.2, 0) is 27.7 Å². The number of benzene rings is 2. The van der Waals surface area contributed by atoms with Crippen molar-refractivity contribution in [3.8, 4) is 0 Å². The van der Waals surface area contributed by atoms with Gasteiger partial charge in [-0.3, -0.25) is 4.79 Å². The lowest BCUT2D eigenvalue weighted by atomic mass is 10.1. The van der Waals surface area contributed by atoms with Gasteiger partial charge in [0.1, 0.15) is 0 Å². The molecule has 2 aromatic rings. The average Bonchev–Trinajstić information content (AvgIpc) is 2.96. The van der Waals surface area contributed by atoms with E-state index in [0.29, 0.717) is 12.8 Å². The average molecular weight is 358 g/mol. The third-order valence-corrected chi connectivity index (χ3v) is 6.04. The molecule has 1 atom stereocenters. The molecule has 1 N–H and O–H groups in total. The number of hydrogen-bond acceptors (Lipinski definition) is 3. The number of fused-ring (bicyclic) bond motifs is 1. The standard InChI is InChI=1S/C19H22N2O3S/c1-14-13-16-5-3-4-6-18(16)21(14)19(22)12-9-15-7-10-17(11-8-15)25(23,24)20-2/h3-8,10-11,14,20H,9,12-13H2,1-2H3/t14-/m1/s1. The zero-order chi connectivity index (χ0) is 18.0. The maximum atomic E-state index is 12.7. The first-order chi connectivity index (χ1) is 11.9. The van der Waals surface area contributed by atoms with Crippen LogP contribution < -0.4 is 9.62 Å². The number of nitrogens with one attached hydrogen (secondary N) is 1. The van der Waals surface area contributed by atoms with E-state index >= 15 is 0 Å². The van der Waals surface area contributed by atoms with Crippen LogP contribution in [-0.4, -0.2) is 27.4 Å². The van der Waals surface area contributed by atoms with E-state index < -0.39 is 10.0 Å². The quantitative estimate of drug-likeness (QED) is 0.893. The second-order valence-corrected chi connectivity index (χ2v) is 8.18. The summed E-state index contributed by atoms with van der Waals surface area (Å²) in [6, 6.07) is 14.9. The number of amides is 1. The molecule has 3 rings (SSSR count). The zero-order valence-electron chi connectivity index (χ0n) is 14.4. The second-order valence-electron chi connectivity index (χ2n) is 6.30. The Morgan fingerprint density at radius 3 is 2.52 bits per heavy atom. The van der Waals surface area contributed by atoms with Gasteiger partial charge in [0, 0.05) is 18.2 Å². The fourth-order valence-corrected chi connectivity index (χ4v) is 4.00. The van der Waals surface area contributed by atoms with Crippen LogP contribution in [0.25, 0.3) is 0 Å². The van der Waals surface area contributed by atoms with Crippen LogP contribution in [0.1, 0.15) is 24.5 Å². The maximum Gasteiger partial charge on any atom is 0.240 e. The topological polar surface area (TPSA) is 66.5 Å². The summed E-state index contributed by atoms with van der Waals surface area (Å²) >= 11 is 0. The summed E-state index contributed by atoms with van der Waals surface area (Å²) in [6.45, 7) is 2.06.